The van der Waals surface area contributed by atoms with Crippen molar-refractivity contribution in [1.29, 1.82) is 0 Å². The number of carboxylic acids is 3. The highest BCUT2D eigenvalue weighted by Gasteiger charge is 2.22. The number of fused-ring (bicyclic) bond motifs is 2. The van der Waals surface area contributed by atoms with Gasteiger partial charge in [-0.15, -0.1) is 0 Å². The molecule has 0 saturated carbocycles. The van der Waals surface area contributed by atoms with Gasteiger partial charge >= 0.3 is 35.8 Å². The average molecular weight is 578 g/mol. The number of carbonyl (C=O) groups excluding carboxylic acids is 3. The summed E-state index contributed by atoms with van der Waals surface area (Å²) in [5.41, 5.74) is -0.621. The van der Waals surface area contributed by atoms with Crippen molar-refractivity contribution in [1.82, 2.24) is 0 Å². The zero-order valence-corrected chi connectivity index (χ0v) is 21.8. The Labute approximate surface area is 241 Å². The second kappa shape index (κ2) is 11.3. The van der Waals surface area contributed by atoms with E-state index in [0.29, 0.717) is 16.2 Å². The molecule has 0 fully saturated rings. The fourth-order valence-electron chi connectivity index (χ4n) is 4.35. The lowest BCUT2D eigenvalue weighted by molar-refractivity contribution is 0.0396. The molecule has 212 valence electrons. The molecule has 0 aliphatic rings. The van der Waals surface area contributed by atoms with E-state index in [0.717, 1.165) is 6.07 Å². The summed E-state index contributed by atoms with van der Waals surface area (Å²) in [7, 11) is 0. The Morgan fingerprint density at radius 1 is 0.465 bits per heavy atom. The normalized spacial score (nSPS) is 10.7. The number of esters is 3. The van der Waals surface area contributed by atoms with E-state index in [-0.39, 0.29) is 44.5 Å². The van der Waals surface area contributed by atoms with E-state index in [1.54, 1.807) is 0 Å². The number of aromatic carboxylic acids is 3. The zero-order valence-electron chi connectivity index (χ0n) is 21.8. The smallest absolute Gasteiger partial charge is 0.346 e. The van der Waals surface area contributed by atoms with Crippen LogP contribution >= 0.6 is 0 Å². The van der Waals surface area contributed by atoms with E-state index in [9.17, 15) is 39.0 Å². The van der Waals surface area contributed by atoms with E-state index >= 15 is 0 Å². The molecule has 0 amide bonds. The molecule has 0 atom stereocenters. The fraction of sp³-hybridized carbons (Fsp3) is 0. The highest BCUT2D eigenvalue weighted by Crippen LogP contribution is 2.32. The average Bonchev–Trinajstić information content (AvgIpc) is 3.00. The van der Waals surface area contributed by atoms with Gasteiger partial charge in [0.05, 0.1) is 27.8 Å². The zero-order chi connectivity index (χ0) is 30.8. The Balaban J connectivity index is 1.37. The van der Waals surface area contributed by atoms with Gasteiger partial charge in [0.25, 0.3) is 0 Å². The molecule has 11 nitrogen and oxygen atoms in total. The Hall–Kier alpha value is -6.36. The lowest BCUT2D eigenvalue weighted by Crippen LogP contribution is -2.15. The number of carboxylic acid groups (broad SMARTS) is 3. The maximum Gasteiger partial charge on any atom is 0.346 e. The summed E-state index contributed by atoms with van der Waals surface area (Å²) >= 11 is 0. The Kier molecular flexibility index (Phi) is 7.38. The summed E-state index contributed by atoms with van der Waals surface area (Å²) in [5, 5.41) is 29.6. The number of carbonyl (C=O) groups is 6. The third-order valence-corrected chi connectivity index (χ3v) is 6.48. The maximum atomic E-state index is 13.1. The van der Waals surface area contributed by atoms with Crippen molar-refractivity contribution in [3.63, 3.8) is 0 Å². The molecule has 0 saturated heterocycles. The van der Waals surface area contributed by atoms with Crippen LogP contribution in [-0.4, -0.2) is 51.1 Å². The standard InChI is InChI=1S/C32H18O11/c33-27(34)19-6-4-17-13-23(7-5-16(17)12-19)32(41)43-31(40)22-3-1-2-21(15-22)30(39)42-26-24-10-9-20(28(35)36)14-18(24)8-11-25(26)29(37)38/h1-15H,(H,33,34)(H,35,36)(H,37,38). The first kappa shape index (κ1) is 28.2. The summed E-state index contributed by atoms with van der Waals surface area (Å²) in [4.78, 5) is 72.8. The van der Waals surface area contributed by atoms with Crippen LogP contribution in [0.2, 0.25) is 0 Å². The van der Waals surface area contributed by atoms with Crippen molar-refractivity contribution < 1.29 is 53.6 Å². The number of hydrogen-bond acceptors (Lipinski definition) is 8. The molecule has 0 unspecified atom stereocenters. The maximum absolute atomic E-state index is 13.1. The minimum absolute atomic E-state index is 0.0303. The molecule has 0 radical (unpaired) electrons. The predicted molar refractivity (Wildman–Crippen MR) is 150 cm³/mol. The van der Waals surface area contributed by atoms with E-state index in [2.05, 4.69) is 0 Å². The predicted octanol–water partition coefficient (Wildman–Crippen LogP) is 5.30. The summed E-state index contributed by atoms with van der Waals surface area (Å²) in [6, 6.07) is 20.2. The summed E-state index contributed by atoms with van der Waals surface area (Å²) < 4.78 is 10.4. The fourth-order valence-corrected chi connectivity index (χ4v) is 4.35. The number of hydrogen-bond donors (Lipinski definition) is 3. The molecule has 5 rings (SSSR count). The first-order chi connectivity index (χ1) is 20.5. The molecular formula is C32H18O11. The van der Waals surface area contributed by atoms with Crippen LogP contribution in [-0.2, 0) is 4.74 Å². The van der Waals surface area contributed by atoms with Crippen molar-refractivity contribution in [3.05, 3.63) is 124 Å². The Morgan fingerprint density at radius 3 is 1.56 bits per heavy atom. The first-order valence-corrected chi connectivity index (χ1v) is 12.4. The largest absolute Gasteiger partial charge is 0.478 e. The van der Waals surface area contributed by atoms with E-state index in [1.807, 2.05) is 0 Å². The second-order valence-corrected chi connectivity index (χ2v) is 9.22. The topological polar surface area (TPSA) is 182 Å². The van der Waals surface area contributed by atoms with Crippen LogP contribution in [0.5, 0.6) is 5.75 Å². The van der Waals surface area contributed by atoms with Gasteiger partial charge in [-0.25, -0.2) is 28.8 Å². The number of ether oxygens (including phenoxy) is 2. The molecular weight excluding hydrogens is 560 g/mol. The van der Waals surface area contributed by atoms with Crippen LogP contribution < -0.4 is 4.74 Å². The van der Waals surface area contributed by atoms with Gasteiger partial charge in [-0.05, 0) is 82.9 Å². The first-order valence-electron chi connectivity index (χ1n) is 12.4. The summed E-state index contributed by atoms with van der Waals surface area (Å²) in [6.45, 7) is 0. The monoisotopic (exact) mass is 578 g/mol. The lowest BCUT2D eigenvalue weighted by atomic mass is 10.0. The molecule has 3 N–H and O–H groups in total. The van der Waals surface area contributed by atoms with Gasteiger partial charge in [-0.3, -0.25) is 0 Å². The van der Waals surface area contributed by atoms with Gasteiger partial charge in [-0.2, -0.15) is 0 Å². The molecule has 5 aromatic rings. The van der Waals surface area contributed by atoms with Gasteiger partial charge in [0.2, 0.25) is 0 Å². The highest BCUT2D eigenvalue weighted by molar-refractivity contribution is 6.07. The molecule has 5 aromatic carbocycles. The SMILES string of the molecule is O=C(O)c1ccc2cc(C(=O)OC(=O)c3cccc(C(=O)Oc4c(C(=O)O)ccc5cc(C(=O)O)ccc45)c3)ccc2c1. The molecule has 0 bridgehead atoms. The quantitative estimate of drug-likeness (QED) is 0.129. The van der Waals surface area contributed by atoms with Crippen molar-refractivity contribution in [3.8, 4) is 5.75 Å². The van der Waals surface area contributed by atoms with E-state index in [1.165, 1.54) is 84.9 Å². The molecule has 0 spiro atoms. The molecule has 0 aliphatic heterocycles. The summed E-state index contributed by atoms with van der Waals surface area (Å²) in [6.07, 6.45) is 0. The van der Waals surface area contributed by atoms with Crippen LogP contribution in [0.25, 0.3) is 21.5 Å². The van der Waals surface area contributed by atoms with Crippen LogP contribution in [0.1, 0.15) is 62.1 Å². The minimum atomic E-state index is -1.39. The molecule has 0 aliphatic carbocycles. The molecule has 0 heterocycles. The van der Waals surface area contributed by atoms with Crippen molar-refractivity contribution >= 4 is 57.4 Å². The van der Waals surface area contributed by atoms with Crippen LogP contribution in [0, 0.1) is 0 Å². The number of rotatable bonds is 7. The van der Waals surface area contributed by atoms with E-state index in [4.69, 9.17) is 14.6 Å². The van der Waals surface area contributed by atoms with Crippen LogP contribution in [0.4, 0.5) is 0 Å². The van der Waals surface area contributed by atoms with Crippen LogP contribution in [0.3, 0.4) is 0 Å². The van der Waals surface area contributed by atoms with Crippen LogP contribution in [0.15, 0.2) is 91.0 Å². The minimum Gasteiger partial charge on any atom is -0.478 e. The number of benzene rings is 5. The third kappa shape index (κ3) is 5.77. The van der Waals surface area contributed by atoms with Gasteiger partial charge in [-0.1, -0.05) is 24.3 Å². The lowest BCUT2D eigenvalue weighted by Gasteiger charge is -2.12. The molecule has 11 heteroatoms. The van der Waals surface area contributed by atoms with Crippen molar-refractivity contribution in [2.45, 2.75) is 0 Å². The Morgan fingerprint density at radius 2 is 0.953 bits per heavy atom. The second-order valence-electron chi connectivity index (χ2n) is 9.22. The van der Waals surface area contributed by atoms with E-state index < -0.39 is 35.8 Å². The third-order valence-electron chi connectivity index (χ3n) is 6.48. The summed E-state index contributed by atoms with van der Waals surface area (Å²) in [5.74, 6) is -7.08. The van der Waals surface area contributed by atoms with Gasteiger partial charge in [0, 0.05) is 5.39 Å². The Bertz CT molecular complexity index is 2020. The van der Waals surface area contributed by atoms with Gasteiger partial charge in [0.15, 0.2) is 5.75 Å². The van der Waals surface area contributed by atoms with Crippen molar-refractivity contribution in [2.24, 2.45) is 0 Å². The molecule has 43 heavy (non-hydrogen) atoms. The highest BCUT2D eigenvalue weighted by atomic mass is 16.6. The molecule has 0 aromatic heterocycles. The van der Waals surface area contributed by atoms with Gasteiger partial charge in [0.1, 0.15) is 5.56 Å². The van der Waals surface area contributed by atoms with Crippen molar-refractivity contribution in [2.75, 3.05) is 0 Å². The van der Waals surface area contributed by atoms with Gasteiger partial charge < -0.3 is 24.8 Å².